The molecule has 3 aromatic rings. The summed E-state index contributed by atoms with van der Waals surface area (Å²) in [6.07, 6.45) is -1.04. The zero-order valence-corrected chi connectivity index (χ0v) is 17.5. The van der Waals surface area contributed by atoms with Gasteiger partial charge in [-0.2, -0.15) is 4.98 Å². The number of benzene rings is 1. The molecule has 2 aromatic heterocycles. The third kappa shape index (κ3) is 4.99. The number of rotatable bonds is 6. The molecule has 32 heavy (non-hydrogen) atoms. The number of hydrogen-bond donors (Lipinski definition) is 1. The number of ether oxygens (including phenoxy) is 2. The lowest BCUT2D eigenvalue weighted by Crippen LogP contribution is -2.22. The lowest BCUT2D eigenvalue weighted by molar-refractivity contribution is 0.0491. The normalized spacial score (nSPS) is 14.7. The van der Waals surface area contributed by atoms with Crippen molar-refractivity contribution in [1.29, 1.82) is 0 Å². The van der Waals surface area contributed by atoms with Crippen LogP contribution in [0.1, 0.15) is 30.7 Å². The third-order valence-corrected chi connectivity index (χ3v) is 5.29. The molecule has 1 aromatic carbocycles. The average Bonchev–Trinajstić information content (AvgIpc) is 2.78. The average molecular weight is 444 g/mol. The van der Waals surface area contributed by atoms with E-state index < -0.39 is 12.2 Å². The number of anilines is 1. The van der Waals surface area contributed by atoms with E-state index in [1.54, 1.807) is 25.1 Å². The molecule has 9 heteroatoms. The molecule has 1 saturated heterocycles. The van der Waals surface area contributed by atoms with E-state index in [9.17, 15) is 13.2 Å². The first-order valence-electron chi connectivity index (χ1n) is 10.3. The van der Waals surface area contributed by atoms with Crippen LogP contribution in [0.2, 0.25) is 0 Å². The van der Waals surface area contributed by atoms with Crippen molar-refractivity contribution in [2.24, 2.45) is 5.92 Å². The number of nitrogens with two attached hydrogens (primary N) is 1. The van der Waals surface area contributed by atoms with Gasteiger partial charge < -0.3 is 15.2 Å². The van der Waals surface area contributed by atoms with Crippen LogP contribution >= 0.6 is 0 Å². The Balaban J connectivity index is 1.84. The first-order chi connectivity index (χ1) is 15.4. The lowest BCUT2D eigenvalue weighted by Gasteiger charge is -2.23. The second-order valence-electron chi connectivity index (χ2n) is 7.71. The highest BCUT2D eigenvalue weighted by molar-refractivity contribution is 5.85. The Morgan fingerprint density at radius 1 is 1.06 bits per heavy atom. The van der Waals surface area contributed by atoms with Crippen molar-refractivity contribution in [3.8, 4) is 28.3 Å². The van der Waals surface area contributed by atoms with E-state index in [4.69, 9.17) is 15.2 Å². The van der Waals surface area contributed by atoms with Crippen LogP contribution in [0.15, 0.2) is 36.4 Å². The standard InChI is InChI=1S/C23H23F3N4O2/c1-13-10-16(11-18(28-13)21(25)26)19-20(15-2-4-17(24)5-3-15)29-23(27)30-22(19)32-12-14-6-8-31-9-7-14/h2-5,10-11,14,21H,6-9,12H2,1H3,(H2,27,29,30). The van der Waals surface area contributed by atoms with Crippen molar-refractivity contribution >= 4 is 5.95 Å². The zero-order chi connectivity index (χ0) is 22.7. The minimum absolute atomic E-state index is 0.0325. The first kappa shape index (κ1) is 22.0. The van der Waals surface area contributed by atoms with Crippen LogP contribution in [-0.2, 0) is 4.74 Å². The summed E-state index contributed by atoms with van der Waals surface area (Å²) in [6.45, 7) is 3.33. The van der Waals surface area contributed by atoms with Gasteiger partial charge in [0.25, 0.3) is 6.43 Å². The summed E-state index contributed by atoms with van der Waals surface area (Å²) in [6, 6.07) is 8.64. The molecule has 0 amide bonds. The number of alkyl halides is 2. The molecule has 1 aliphatic rings. The fraction of sp³-hybridized carbons (Fsp3) is 0.348. The highest BCUT2D eigenvalue weighted by Crippen LogP contribution is 2.39. The molecule has 4 rings (SSSR count). The monoisotopic (exact) mass is 444 g/mol. The summed E-state index contributed by atoms with van der Waals surface area (Å²) in [7, 11) is 0. The van der Waals surface area contributed by atoms with E-state index in [1.165, 1.54) is 18.2 Å². The minimum atomic E-state index is -2.75. The van der Waals surface area contributed by atoms with Crippen molar-refractivity contribution in [3.63, 3.8) is 0 Å². The molecule has 168 valence electrons. The predicted molar refractivity (Wildman–Crippen MR) is 114 cm³/mol. The molecule has 0 unspecified atom stereocenters. The van der Waals surface area contributed by atoms with Gasteiger partial charge in [-0.05, 0) is 67.6 Å². The number of halogens is 3. The first-order valence-corrected chi connectivity index (χ1v) is 10.3. The van der Waals surface area contributed by atoms with Gasteiger partial charge in [-0.1, -0.05) is 0 Å². The highest BCUT2D eigenvalue weighted by Gasteiger charge is 2.23. The molecule has 0 aliphatic carbocycles. The van der Waals surface area contributed by atoms with Gasteiger partial charge in [-0.3, -0.25) is 4.98 Å². The summed E-state index contributed by atoms with van der Waals surface area (Å²) in [4.78, 5) is 12.5. The number of nitrogens with zero attached hydrogens (tertiary/aromatic N) is 3. The third-order valence-electron chi connectivity index (χ3n) is 5.29. The van der Waals surface area contributed by atoms with E-state index in [0.717, 1.165) is 12.8 Å². The second kappa shape index (κ2) is 9.52. The molecule has 0 bridgehead atoms. The molecular weight excluding hydrogens is 421 g/mol. The number of aromatic nitrogens is 3. The van der Waals surface area contributed by atoms with E-state index in [0.29, 0.717) is 47.9 Å². The topological polar surface area (TPSA) is 83.2 Å². The SMILES string of the molecule is Cc1cc(-c2c(OCC3CCOCC3)nc(N)nc2-c2ccc(F)cc2)cc(C(F)F)n1. The van der Waals surface area contributed by atoms with Gasteiger partial charge in [-0.15, -0.1) is 0 Å². The zero-order valence-electron chi connectivity index (χ0n) is 17.5. The molecule has 1 fully saturated rings. The molecule has 0 radical (unpaired) electrons. The highest BCUT2D eigenvalue weighted by atomic mass is 19.3. The molecule has 3 heterocycles. The van der Waals surface area contributed by atoms with Crippen LogP contribution < -0.4 is 10.5 Å². The Morgan fingerprint density at radius 3 is 2.47 bits per heavy atom. The smallest absolute Gasteiger partial charge is 0.280 e. The summed E-state index contributed by atoms with van der Waals surface area (Å²) >= 11 is 0. The van der Waals surface area contributed by atoms with E-state index in [1.807, 2.05) is 0 Å². The lowest BCUT2D eigenvalue weighted by atomic mass is 9.99. The van der Waals surface area contributed by atoms with Crippen LogP contribution in [0.4, 0.5) is 19.1 Å². The Labute approximate surface area is 183 Å². The Bertz CT molecular complexity index is 1090. The molecule has 0 atom stereocenters. The maximum Gasteiger partial charge on any atom is 0.280 e. The predicted octanol–water partition coefficient (Wildman–Crippen LogP) is 4.98. The molecule has 0 spiro atoms. The van der Waals surface area contributed by atoms with Gasteiger partial charge in [0.15, 0.2) is 0 Å². The van der Waals surface area contributed by atoms with Gasteiger partial charge in [-0.25, -0.2) is 18.2 Å². The second-order valence-corrected chi connectivity index (χ2v) is 7.71. The van der Waals surface area contributed by atoms with Crippen LogP contribution in [-0.4, -0.2) is 34.8 Å². The van der Waals surface area contributed by atoms with Crippen molar-refractivity contribution in [2.75, 3.05) is 25.6 Å². The van der Waals surface area contributed by atoms with Crippen molar-refractivity contribution < 1.29 is 22.6 Å². The van der Waals surface area contributed by atoms with Crippen LogP contribution in [0, 0.1) is 18.7 Å². The summed E-state index contributed by atoms with van der Waals surface area (Å²) in [5, 5.41) is 0. The fourth-order valence-electron chi connectivity index (χ4n) is 3.70. The van der Waals surface area contributed by atoms with Gasteiger partial charge >= 0.3 is 0 Å². The summed E-state index contributed by atoms with van der Waals surface area (Å²) < 4.78 is 51.9. The molecule has 2 N–H and O–H groups in total. The molecule has 1 aliphatic heterocycles. The Kier molecular flexibility index (Phi) is 6.55. The van der Waals surface area contributed by atoms with E-state index >= 15 is 0 Å². The summed E-state index contributed by atoms with van der Waals surface area (Å²) in [5.41, 5.74) is 7.76. The molecule has 6 nitrogen and oxygen atoms in total. The van der Waals surface area contributed by atoms with Gasteiger partial charge in [0.2, 0.25) is 11.8 Å². The Hall–Kier alpha value is -3.20. The van der Waals surface area contributed by atoms with Gasteiger partial charge in [0.05, 0.1) is 17.9 Å². The van der Waals surface area contributed by atoms with Crippen molar-refractivity contribution in [3.05, 3.63) is 53.6 Å². The maximum absolute atomic E-state index is 13.5. The van der Waals surface area contributed by atoms with Gasteiger partial charge in [0, 0.05) is 24.5 Å². The quantitative estimate of drug-likeness (QED) is 0.578. The van der Waals surface area contributed by atoms with Crippen molar-refractivity contribution in [1.82, 2.24) is 15.0 Å². The van der Waals surface area contributed by atoms with Gasteiger partial charge in [0.1, 0.15) is 11.5 Å². The van der Waals surface area contributed by atoms with Crippen LogP contribution in [0.5, 0.6) is 5.88 Å². The maximum atomic E-state index is 13.5. The number of hydrogen-bond acceptors (Lipinski definition) is 6. The van der Waals surface area contributed by atoms with Crippen molar-refractivity contribution in [2.45, 2.75) is 26.2 Å². The van der Waals surface area contributed by atoms with Crippen LogP contribution in [0.3, 0.4) is 0 Å². The van der Waals surface area contributed by atoms with E-state index in [-0.39, 0.29) is 23.4 Å². The molecular formula is C23H23F3N4O2. The minimum Gasteiger partial charge on any atom is -0.477 e. The Morgan fingerprint density at radius 2 is 1.78 bits per heavy atom. The number of pyridine rings is 1. The van der Waals surface area contributed by atoms with Crippen LogP contribution in [0.25, 0.3) is 22.4 Å². The van der Waals surface area contributed by atoms with E-state index in [2.05, 4.69) is 15.0 Å². The summed E-state index contributed by atoms with van der Waals surface area (Å²) in [5.74, 6) is 0.0231. The number of aryl methyl sites for hydroxylation is 1. The number of nitrogen functional groups attached to an aromatic ring is 1. The fourth-order valence-corrected chi connectivity index (χ4v) is 3.70. The largest absolute Gasteiger partial charge is 0.477 e. The molecule has 0 saturated carbocycles.